The third-order valence-corrected chi connectivity index (χ3v) is 3.04. The number of nitrogen functional groups attached to an aromatic ring is 1. The molecule has 7 nitrogen and oxygen atoms in total. The summed E-state index contributed by atoms with van der Waals surface area (Å²) < 4.78 is 0. The van der Waals surface area contributed by atoms with E-state index in [-0.39, 0.29) is 17.7 Å². The van der Waals surface area contributed by atoms with Crippen LogP contribution in [0.1, 0.15) is 38.2 Å². The predicted molar refractivity (Wildman–Crippen MR) is 70.3 cm³/mol. The molecule has 1 saturated heterocycles. The van der Waals surface area contributed by atoms with Gasteiger partial charge in [-0.15, -0.1) is 0 Å². The van der Waals surface area contributed by atoms with E-state index in [1.165, 1.54) is 6.33 Å². The van der Waals surface area contributed by atoms with E-state index in [0.29, 0.717) is 24.5 Å². The van der Waals surface area contributed by atoms with Crippen molar-refractivity contribution in [3.05, 3.63) is 11.9 Å². The molecule has 2 heterocycles. The molecular weight excluding hydrogens is 246 g/mol. The molecule has 0 aromatic carbocycles. The molecule has 1 aromatic rings. The van der Waals surface area contributed by atoms with Gasteiger partial charge in [-0.3, -0.25) is 14.9 Å². The van der Waals surface area contributed by atoms with Gasteiger partial charge in [0.25, 0.3) is 0 Å². The average Bonchev–Trinajstić information content (AvgIpc) is 2.32. The number of hydrogen-bond acceptors (Lipinski definition) is 6. The number of carbonyl (C=O) groups is 2. The Morgan fingerprint density at radius 3 is 2.79 bits per heavy atom. The van der Waals surface area contributed by atoms with Gasteiger partial charge in [-0.05, 0) is 12.3 Å². The van der Waals surface area contributed by atoms with Crippen LogP contribution >= 0.6 is 0 Å². The predicted octanol–water partition coefficient (Wildman–Crippen LogP) is 0.399. The van der Waals surface area contributed by atoms with E-state index >= 15 is 0 Å². The van der Waals surface area contributed by atoms with E-state index in [9.17, 15) is 9.59 Å². The van der Waals surface area contributed by atoms with E-state index in [4.69, 9.17) is 5.73 Å². The molecule has 1 aliphatic rings. The van der Waals surface area contributed by atoms with Crippen molar-refractivity contribution < 1.29 is 9.59 Å². The summed E-state index contributed by atoms with van der Waals surface area (Å²) in [6.07, 6.45) is 2.13. The Bertz CT molecular complexity index is 515. The van der Waals surface area contributed by atoms with Gasteiger partial charge in [0.05, 0.1) is 0 Å². The van der Waals surface area contributed by atoms with Crippen LogP contribution < -0.4 is 16.4 Å². The zero-order valence-corrected chi connectivity index (χ0v) is 10.9. The first-order valence-corrected chi connectivity index (χ1v) is 6.19. The first-order valence-electron chi connectivity index (χ1n) is 6.19. The molecule has 1 atom stereocenters. The van der Waals surface area contributed by atoms with Crippen molar-refractivity contribution in [1.82, 2.24) is 15.3 Å². The van der Waals surface area contributed by atoms with Gasteiger partial charge in [-0.1, -0.05) is 13.8 Å². The van der Waals surface area contributed by atoms with E-state index in [1.54, 1.807) is 0 Å². The fourth-order valence-corrected chi connectivity index (χ4v) is 2.09. The fraction of sp³-hybridized carbons (Fsp3) is 0.500. The highest BCUT2D eigenvalue weighted by atomic mass is 16.2. The van der Waals surface area contributed by atoms with Gasteiger partial charge in [-0.25, -0.2) is 9.97 Å². The molecule has 1 aliphatic heterocycles. The number of rotatable bonds is 3. The molecule has 1 unspecified atom stereocenters. The number of carbonyl (C=O) groups excluding carboxylic acids is 2. The summed E-state index contributed by atoms with van der Waals surface area (Å²) in [6.45, 7) is 3.95. The molecular formula is C12H17N5O2. The largest absolute Gasteiger partial charge is 0.383 e. The lowest BCUT2D eigenvalue weighted by atomic mass is 10.0. The molecule has 1 fully saturated rings. The first-order chi connectivity index (χ1) is 8.99. The SMILES string of the molecule is CC(C)c1c(N)ncnc1NC1CCC(=O)NC1=O. The summed E-state index contributed by atoms with van der Waals surface area (Å²) in [5.74, 6) is 0.520. The first kappa shape index (κ1) is 13.3. The maximum absolute atomic E-state index is 11.7. The molecule has 4 N–H and O–H groups in total. The summed E-state index contributed by atoms with van der Waals surface area (Å²) in [4.78, 5) is 30.9. The summed E-state index contributed by atoms with van der Waals surface area (Å²) in [7, 11) is 0. The number of hydrogen-bond donors (Lipinski definition) is 3. The minimum atomic E-state index is -0.468. The maximum Gasteiger partial charge on any atom is 0.249 e. The third-order valence-electron chi connectivity index (χ3n) is 3.04. The molecule has 0 radical (unpaired) electrons. The number of aromatic nitrogens is 2. The van der Waals surface area contributed by atoms with Crippen LogP contribution in [0.2, 0.25) is 0 Å². The van der Waals surface area contributed by atoms with Gasteiger partial charge < -0.3 is 11.1 Å². The van der Waals surface area contributed by atoms with Crippen molar-refractivity contribution in [1.29, 1.82) is 0 Å². The highest BCUT2D eigenvalue weighted by Crippen LogP contribution is 2.27. The smallest absolute Gasteiger partial charge is 0.249 e. The second-order valence-corrected chi connectivity index (χ2v) is 4.82. The third kappa shape index (κ3) is 2.81. The van der Waals surface area contributed by atoms with E-state index in [2.05, 4.69) is 20.6 Å². The highest BCUT2D eigenvalue weighted by Gasteiger charge is 2.27. The summed E-state index contributed by atoms with van der Waals surface area (Å²) in [5, 5.41) is 5.34. The minimum Gasteiger partial charge on any atom is -0.383 e. The zero-order chi connectivity index (χ0) is 14.0. The van der Waals surface area contributed by atoms with Gasteiger partial charge in [0, 0.05) is 12.0 Å². The monoisotopic (exact) mass is 263 g/mol. The Morgan fingerprint density at radius 2 is 2.16 bits per heavy atom. The molecule has 19 heavy (non-hydrogen) atoms. The second-order valence-electron chi connectivity index (χ2n) is 4.82. The van der Waals surface area contributed by atoms with Crippen LogP contribution in [0.25, 0.3) is 0 Å². The van der Waals surface area contributed by atoms with Crippen molar-refractivity contribution in [3.8, 4) is 0 Å². The average molecular weight is 263 g/mol. The Balaban J connectivity index is 2.22. The van der Waals surface area contributed by atoms with E-state index in [1.807, 2.05) is 13.8 Å². The van der Waals surface area contributed by atoms with E-state index in [0.717, 1.165) is 5.56 Å². The minimum absolute atomic E-state index is 0.136. The standard InChI is InChI=1S/C12H17N5O2/c1-6(2)9-10(13)14-5-15-11(9)16-7-3-4-8(18)17-12(7)19/h5-7H,3-4H2,1-2H3,(H,17,18,19)(H3,13,14,15,16). The quantitative estimate of drug-likeness (QED) is 0.681. The molecule has 0 aliphatic carbocycles. The van der Waals surface area contributed by atoms with Crippen LogP contribution in [0.3, 0.4) is 0 Å². The Morgan fingerprint density at radius 1 is 1.42 bits per heavy atom. The lowest BCUT2D eigenvalue weighted by molar-refractivity contribution is -0.133. The molecule has 0 saturated carbocycles. The number of imide groups is 1. The molecule has 0 bridgehead atoms. The molecule has 0 spiro atoms. The van der Waals surface area contributed by atoms with Crippen LogP contribution in [-0.4, -0.2) is 27.8 Å². The molecule has 1 aromatic heterocycles. The summed E-state index contributed by atoms with van der Waals surface area (Å²) in [5.41, 5.74) is 6.62. The number of piperidine rings is 1. The summed E-state index contributed by atoms with van der Waals surface area (Å²) >= 11 is 0. The molecule has 2 amide bonds. The lowest BCUT2D eigenvalue weighted by Crippen LogP contribution is -2.47. The molecule has 2 rings (SSSR count). The molecule has 102 valence electrons. The summed E-state index contributed by atoms with van der Waals surface area (Å²) in [6, 6.07) is -0.468. The van der Waals surface area contributed by atoms with Crippen LogP contribution in [0.15, 0.2) is 6.33 Å². The van der Waals surface area contributed by atoms with Crippen LogP contribution in [-0.2, 0) is 9.59 Å². The fourth-order valence-electron chi connectivity index (χ4n) is 2.09. The van der Waals surface area contributed by atoms with Crippen molar-refractivity contribution in [2.45, 2.75) is 38.6 Å². The van der Waals surface area contributed by atoms with Crippen LogP contribution in [0.4, 0.5) is 11.6 Å². The lowest BCUT2D eigenvalue weighted by Gasteiger charge is -2.24. The van der Waals surface area contributed by atoms with Crippen molar-refractivity contribution in [3.63, 3.8) is 0 Å². The Kier molecular flexibility index (Phi) is 3.64. The normalized spacial score (nSPS) is 19.4. The van der Waals surface area contributed by atoms with Gasteiger partial charge >= 0.3 is 0 Å². The number of nitrogens with two attached hydrogens (primary N) is 1. The van der Waals surface area contributed by atoms with Gasteiger partial charge in [0.1, 0.15) is 24.0 Å². The van der Waals surface area contributed by atoms with Crippen LogP contribution in [0.5, 0.6) is 0 Å². The van der Waals surface area contributed by atoms with Crippen molar-refractivity contribution in [2.75, 3.05) is 11.1 Å². The zero-order valence-electron chi connectivity index (χ0n) is 10.9. The van der Waals surface area contributed by atoms with Gasteiger partial charge in [0.2, 0.25) is 11.8 Å². The second kappa shape index (κ2) is 5.21. The van der Waals surface area contributed by atoms with Crippen molar-refractivity contribution in [2.24, 2.45) is 0 Å². The Hall–Kier alpha value is -2.18. The van der Waals surface area contributed by atoms with Gasteiger partial charge in [0.15, 0.2) is 0 Å². The van der Waals surface area contributed by atoms with Crippen LogP contribution in [0, 0.1) is 0 Å². The number of nitrogens with one attached hydrogen (secondary N) is 2. The number of nitrogens with zero attached hydrogens (tertiary/aromatic N) is 2. The number of anilines is 2. The van der Waals surface area contributed by atoms with E-state index < -0.39 is 6.04 Å². The van der Waals surface area contributed by atoms with Gasteiger partial charge in [-0.2, -0.15) is 0 Å². The topological polar surface area (TPSA) is 110 Å². The van der Waals surface area contributed by atoms with Crippen molar-refractivity contribution >= 4 is 23.5 Å². The molecule has 7 heteroatoms. The highest BCUT2D eigenvalue weighted by molar-refractivity contribution is 6.01. The maximum atomic E-state index is 11.7. The Labute approximate surface area is 111 Å². The number of amides is 2.